The van der Waals surface area contributed by atoms with Crippen LogP contribution in [0, 0.1) is 11.7 Å². The van der Waals surface area contributed by atoms with E-state index in [1.807, 2.05) is 13.8 Å². The highest BCUT2D eigenvalue weighted by Crippen LogP contribution is 2.22. The fraction of sp³-hybridized carbons (Fsp3) is 0.357. The van der Waals surface area contributed by atoms with E-state index in [0.717, 1.165) is 0 Å². The minimum Gasteiger partial charge on any atom is -0.480 e. The minimum atomic E-state index is -0.957. The van der Waals surface area contributed by atoms with Gasteiger partial charge in [0, 0.05) is 5.39 Å². The first-order chi connectivity index (χ1) is 9.49. The molecule has 6 heteroatoms. The summed E-state index contributed by atoms with van der Waals surface area (Å²) >= 11 is 0. The lowest BCUT2D eigenvalue weighted by Crippen LogP contribution is -2.31. The number of halogens is 1. The maximum Gasteiger partial charge on any atom is 0.326 e. The molecule has 0 spiro atoms. The molecule has 0 radical (unpaired) electrons. The van der Waals surface area contributed by atoms with Crippen LogP contribution < -0.4 is 5.32 Å². The van der Waals surface area contributed by atoms with E-state index in [2.05, 4.69) is 15.3 Å². The number of carbonyl (C=O) groups is 1. The van der Waals surface area contributed by atoms with Crippen molar-refractivity contribution in [1.29, 1.82) is 0 Å². The maximum absolute atomic E-state index is 13.6. The molecule has 106 valence electrons. The van der Waals surface area contributed by atoms with E-state index in [9.17, 15) is 14.3 Å². The number of anilines is 1. The van der Waals surface area contributed by atoms with Gasteiger partial charge in [0.05, 0.1) is 0 Å². The zero-order valence-corrected chi connectivity index (χ0v) is 11.3. The largest absolute Gasteiger partial charge is 0.480 e. The fourth-order valence-corrected chi connectivity index (χ4v) is 2.02. The molecule has 5 nitrogen and oxygen atoms in total. The minimum absolute atomic E-state index is 0.179. The average Bonchev–Trinajstić information content (AvgIpc) is 2.38. The third-order valence-electron chi connectivity index (χ3n) is 2.93. The molecule has 1 unspecified atom stereocenters. The number of carboxylic acids is 1. The van der Waals surface area contributed by atoms with Crippen LogP contribution in [0.25, 0.3) is 10.9 Å². The van der Waals surface area contributed by atoms with Crippen molar-refractivity contribution < 1.29 is 14.3 Å². The van der Waals surface area contributed by atoms with Gasteiger partial charge in [-0.15, -0.1) is 0 Å². The maximum atomic E-state index is 13.6. The second-order valence-electron chi connectivity index (χ2n) is 5.02. The summed E-state index contributed by atoms with van der Waals surface area (Å²) < 4.78 is 13.6. The molecule has 1 aromatic heterocycles. The van der Waals surface area contributed by atoms with Crippen LogP contribution in [0.3, 0.4) is 0 Å². The summed E-state index contributed by atoms with van der Waals surface area (Å²) in [6.07, 6.45) is 1.68. The van der Waals surface area contributed by atoms with Gasteiger partial charge in [0.1, 0.15) is 29.5 Å². The van der Waals surface area contributed by atoms with Crippen LogP contribution >= 0.6 is 0 Å². The molecule has 20 heavy (non-hydrogen) atoms. The van der Waals surface area contributed by atoms with Gasteiger partial charge in [-0.3, -0.25) is 0 Å². The van der Waals surface area contributed by atoms with Crippen LogP contribution in [-0.2, 0) is 4.79 Å². The number of benzene rings is 1. The van der Waals surface area contributed by atoms with Crippen molar-refractivity contribution in [2.75, 3.05) is 5.32 Å². The van der Waals surface area contributed by atoms with Crippen LogP contribution in [0.5, 0.6) is 0 Å². The van der Waals surface area contributed by atoms with Crippen LogP contribution in [-0.4, -0.2) is 27.1 Å². The lowest BCUT2D eigenvalue weighted by Gasteiger charge is -2.17. The summed E-state index contributed by atoms with van der Waals surface area (Å²) in [6.45, 7) is 3.88. The lowest BCUT2D eigenvalue weighted by atomic mass is 10.0. The van der Waals surface area contributed by atoms with Gasteiger partial charge in [0.25, 0.3) is 0 Å². The molecule has 1 aromatic carbocycles. The molecule has 0 fully saturated rings. The van der Waals surface area contributed by atoms with Crippen molar-refractivity contribution in [3.05, 3.63) is 30.3 Å². The van der Waals surface area contributed by atoms with Crippen molar-refractivity contribution in [2.24, 2.45) is 5.92 Å². The van der Waals surface area contributed by atoms with E-state index in [0.29, 0.717) is 17.6 Å². The Morgan fingerprint density at radius 2 is 2.15 bits per heavy atom. The highest BCUT2D eigenvalue weighted by atomic mass is 19.1. The molecule has 2 rings (SSSR count). The molecular formula is C14H16FN3O2. The molecule has 1 atom stereocenters. The topological polar surface area (TPSA) is 75.1 Å². The molecule has 0 saturated carbocycles. The summed E-state index contributed by atoms with van der Waals surface area (Å²) in [4.78, 5) is 19.2. The molecular weight excluding hydrogens is 261 g/mol. The summed E-state index contributed by atoms with van der Waals surface area (Å²) in [5.41, 5.74) is 0.179. The normalized spacial score (nSPS) is 12.6. The monoisotopic (exact) mass is 277 g/mol. The van der Waals surface area contributed by atoms with E-state index in [1.165, 1.54) is 12.4 Å². The second kappa shape index (κ2) is 5.81. The highest BCUT2D eigenvalue weighted by Gasteiger charge is 2.20. The Balaban J connectivity index is 2.37. The van der Waals surface area contributed by atoms with E-state index in [1.54, 1.807) is 12.1 Å². The van der Waals surface area contributed by atoms with Crippen molar-refractivity contribution in [3.63, 3.8) is 0 Å². The van der Waals surface area contributed by atoms with E-state index in [-0.39, 0.29) is 11.4 Å². The zero-order valence-electron chi connectivity index (χ0n) is 11.3. The number of fused-ring (bicyclic) bond motifs is 1. The first-order valence-electron chi connectivity index (χ1n) is 6.37. The van der Waals surface area contributed by atoms with Gasteiger partial charge in [-0.25, -0.2) is 19.2 Å². The summed E-state index contributed by atoms with van der Waals surface area (Å²) in [5.74, 6) is -0.860. The Hall–Kier alpha value is -2.24. The molecule has 0 bridgehead atoms. The van der Waals surface area contributed by atoms with Crippen molar-refractivity contribution in [1.82, 2.24) is 9.97 Å². The number of hydrogen-bond acceptors (Lipinski definition) is 4. The van der Waals surface area contributed by atoms with Crippen LogP contribution in [0.4, 0.5) is 10.2 Å². The summed E-state index contributed by atoms with van der Waals surface area (Å²) in [5, 5.41) is 12.6. The lowest BCUT2D eigenvalue weighted by molar-refractivity contribution is -0.138. The molecule has 0 saturated heterocycles. The predicted octanol–water partition coefficient (Wildman–Crippen LogP) is 2.68. The number of nitrogens with one attached hydrogen (secondary N) is 1. The quantitative estimate of drug-likeness (QED) is 0.878. The number of hydrogen-bond donors (Lipinski definition) is 2. The number of rotatable bonds is 5. The molecule has 0 aliphatic rings. The molecule has 2 aromatic rings. The summed E-state index contributed by atoms with van der Waals surface area (Å²) in [6, 6.07) is 3.75. The average molecular weight is 277 g/mol. The third kappa shape index (κ3) is 3.01. The first kappa shape index (κ1) is 14.2. The Kier molecular flexibility index (Phi) is 4.12. The van der Waals surface area contributed by atoms with Crippen molar-refractivity contribution in [3.8, 4) is 0 Å². The fourth-order valence-electron chi connectivity index (χ4n) is 2.02. The van der Waals surface area contributed by atoms with Gasteiger partial charge in [-0.2, -0.15) is 0 Å². The van der Waals surface area contributed by atoms with E-state index >= 15 is 0 Å². The molecule has 1 heterocycles. The molecule has 0 amide bonds. The molecule has 2 N–H and O–H groups in total. The van der Waals surface area contributed by atoms with Crippen molar-refractivity contribution in [2.45, 2.75) is 26.3 Å². The number of aliphatic carboxylic acids is 1. The van der Waals surface area contributed by atoms with Gasteiger partial charge in [0.15, 0.2) is 0 Å². The number of para-hydroxylation sites is 1. The number of nitrogens with zero attached hydrogens (tertiary/aromatic N) is 2. The molecule has 0 aliphatic carbocycles. The number of carboxylic acid groups (broad SMARTS) is 1. The predicted molar refractivity (Wildman–Crippen MR) is 74.0 cm³/mol. The Morgan fingerprint density at radius 1 is 1.40 bits per heavy atom. The van der Waals surface area contributed by atoms with E-state index < -0.39 is 17.8 Å². The van der Waals surface area contributed by atoms with Gasteiger partial charge in [-0.05, 0) is 24.5 Å². The van der Waals surface area contributed by atoms with Gasteiger partial charge >= 0.3 is 5.97 Å². The standard InChI is InChI=1S/C14H16FN3O2/c1-8(2)6-11(14(19)20)18-13-9-4-3-5-10(15)12(9)16-7-17-13/h3-5,7-8,11H,6H2,1-2H3,(H,19,20)(H,16,17,18). The number of aromatic nitrogens is 2. The first-order valence-corrected chi connectivity index (χ1v) is 6.37. The van der Waals surface area contributed by atoms with Crippen LogP contribution in [0.15, 0.2) is 24.5 Å². The Morgan fingerprint density at radius 3 is 2.80 bits per heavy atom. The Labute approximate surface area is 115 Å². The molecule has 0 aliphatic heterocycles. The van der Waals surface area contributed by atoms with Gasteiger partial charge in [-0.1, -0.05) is 19.9 Å². The van der Waals surface area contributed by atoms with Crippen molar-refractivity contribution >= 4 is 22.7 Å². The van der Waals surface area contributed by atoms with Gasteiger partial charge in [0.2, 0.25) is 0 Å². The Bertz CT molecular complexity index is 631. The van der Waals surface area contributed by atoms with Crippen LogP contribution in [0.2, 0.25) is 0 Å². The van der Waals surface area contributed by atoms with Gasteiger partial charge < -0.3 is 10.4 Å². The third-order valence-corrected chi connectivity index (χ3v) is 2.93. The SMILES string of the molecule is CC(C)CC(Nc1ncnc2c(F)cccc12)C(=O)O. The summed E-state index contributed by atoms with van der Waals surface area (Å²) in [7, 11) is 0. The zero-order chi connectivity index (χ0) is 14.7. The highest BCUT2D eigenvalue weighted by molar-refractivity contribution is 5.90. The smallest absolute Gasteiger partial charge is 0.326 e. The van der Waals surface area contributed by atoms with E-state index in [4.69, 9.17) is 0 Å². The van der Waals surface area contributed by atoms with Crippen LogP contribution in [0.1, 0.15) is 20.3 Å². The second-order valence-corrected chi connectivity index (χ2v) is 5.02.